The summed E-state index contributed by atoms with van der Waals surface area (Å²) in [7, 11) is 1.62. The van der Waals surface area contributed by atoms with Gasteiger partial charge in [0, 0.05) is 16.5 Å². The van der Waals surface area contributed by atoms with Gasteiger partial charge in [0.2, 0.25) is 0 Å². The summed E-state index contributed by atoms with van der Waals surface area (Å²) in [5.74, 6) is 1.23. The summed E-state index contributed by atoms with van der Waals surface area (Å²) in [5, 5.41) is 3.04. The van der Waals surface area contributed by atoms with Crippen molar-refractivity contribution in [3.8, 4) is 27.6 Å². The van der Waals surface area contributed by atoms with Crippen molar-refractivity contribution >= 4 is 17.0 Å². The van der Waals surface area contributed by atoms with E-state index in [1.54, 1.807) is 18.4 Å². The number of aromatic nitrogens is 1. The Morgan fingerprint density at radius 2 is 1.74 bits per heavy atom. The number of thiazole rings is 1. The normalized spacial score (nSPS) is 11.0. The molecule has 0 saturated carbocycles. The SMILES string of the molecule is COc1ccc(-c2nc(-c3ccc(C(C)C)cc3)cs2)cc1N. The minimum Gasteiger partial charge on any atom is -0.495 e. The molecule has 0 atom stereocenters. The van der Waals surface area contributed by atoms with E-state index in [1.165, 1.54) is 5.56 Å². The number of rotatable bonds is 4. The molecule has 4 heteroatoms. The highest BCUT2D eigenvalue weighted by Gasteiger charge is 2.09. The third-order valence-electron chi connectivity index (χ3n) is 3.85. The van der Waals surface area contributed by atoms with Gasteiger partial charge in [0.05, 0.1) is 18.5 Å². The molecule has 0 aliphatic carbocycles. The predicted molar refractivity (Wildman–Crippen MR) is 98.0 cm³/mol. The molecule has 0 amide bonds. The third-order valence-corrected chi connectivity index (χ3v) is 4.75. The first kappa shape index (κ1) is 15.6. The average Bonchev–Trinajstić information content (AvgIpc) is 3.05. The van der Waals surface area contributed by atoms with E-state index in [4.69, 9.17) is 15.5 Å². The Bertz CT molecular complexity index is 806. The predicted octanol–water partition coefficient (Wildman–Crippen LogP) is 5.19. The first-order valence-electron chi connectivity index (χ1n) is 7.58. The molecule has 3 nitrogen and oxygen atoms in total. The fraction of sp³-hybridized carbons (Fsp3) is 0.211. The summed E-state index contributed by atoms with van der Waals surface area (Å²) in [6, 6.07) is 14.4. The van der Waals surface area contributed by atoms with E-state index >= 15 is 0 Å². The molecule has 1 heterocycles. The summed E-state index contributed by atoms with van der Waals surface area (Å²) >= 11 is 1.62. The molecule has 0 aliphatic heterocycles. The summed E-state index contributed by atoms with van der Waals surface area (Å²) in [5.41, 5.74) is 11.1. The molecule has 2 N–H and O–H groups in total. The zero-order chi connectivity index (χ0) is 16.4. The number of ether oxygens (including phenoxy) is 1. The van der Waals surface area contributed by atoms with Crippen molar-refractivity contribution in [1.82, 2.24) is 4.98 Å². The second-order valence-corrected chi connectivity index (χ2v) is 6.63. The van der Waals surface area contributed by atoms with Crippen molar-refractivity contribution in [3.63, 3.8) is 0 Å². The molecule has 0 saturated heterocycles. The molecule has 1 aromatic heterocycles. The first-order chi connectivity index (χ1) is 11.1. The molecule has 3 rings (SSSR count). The van der Waals surface area contributed by atoms with E-state index in [1.807, 2.05) is 18.2 Å². The second-order valence-electron chi connectivity index (χ2n) is 5.77. The molecule has 0 bridgehead atoms. The lowest BCUT2D eigenvalue weighted by molar-refractivity contribution is 0.417. The van der Waals surface area contributed by atoms with E-state index in [0.29, 0.717) is 17.4 Å². The molecule has 0 radical (unpaired) electrons. The van der Waals surface area contributed by atoms with E-state index in [-0.39, 0.29) is 0 Å². The fourth-order valence-electron chi connectivity index (χ4n) is 2.45. The van der Waals surface area contributed by atoms with Gasteiger partial charge in [0.25, 0.3) is 0 Å². The van der Waals surface area contributed by atoms with Crippen LogP contribution in [0.15, 0.2) is 47.8 Å². The van der Waals surface area contributed by atoms with Gasteiger partial charge in [0.15, 0.2) is 0 Å². The monoisotopic (exact) mass is 324 g/mol. The Morgan fingerprint density at radius 1 is 1.04 bits per heavy atom. The Kier molecular flexibility index (Phi) is 4.35. The van der Waals surface area contributed by atoms with Gasteiger partial charge >= 0.3 is 0 Å². The van der Waals surface area contributed by atoms with Crippen LogP contribution in [-0.4, -0.2) is 12.1 Å². The fourth-order valence-corrected chi connectivity index (χ4v) is 3.27. The maximum absolute atomic E-state index is 5.98. The molecule has 0 aliphatic rings. The van der Waals surface area contributed by atoms with Gasteiger partial charge in [0.1, 0.15) is 10.8 Å². The number of anilines is 1. The van der Waals surface area contributed by atoms with Crippen molar-refractivity contribution in [3.05, 3.63) is 53.4 Å². The third kappa shape index (κ3) is 3.22. The highest BCUT2D eigenvalue weighted by atomic mass is 32.1. The quantitative estimate of drug-likeness (QED) is 0.672. The number of nitrogens with two attached hydrogens (primary N) is 1. The lowest BCUT2D eigenvalue weighted by atomic mass is 10.0. The summed E-state index contributed by atoms with van der Waals surface area (Å²) in [6.07, 6.45) is 0. The zero-order valence-corrected chi connectivity index (χ0v) is 14.4. The average molecular weight is 324 g/mol. The lowest BCUT2D eigenvalue weighted by Crippen LogP contribution is -1.92. The Morgan fingerprint density at radius 3 is 2.35 bits per heavy atom. The minimum absolute atomic E-state index is 0.539. The molecule has 0 fully saturated rings. The van der Waals surface area contributed by atoms with Crippen LogP contribution >= 0.6 is 11.3 Å². The van der Waals surface area contributed by atoms with Crippen LogP contribution in [0.3, 0.4) is 0 Å². The van der Waals surface area contributed by atoms with Crippen LogP contribution in [0.2, 0.25) is 0 Å². The molecule has 0 spiro atoms. The Hall–Kier alpha value is -2.33. The van der Waals surface area contributed by atoms with Gasteiger partial charge in [-0.1, -0.05) is 38.1 Å². The van der Waals surface area contributed by atoms with E-state index in [0.717, 1.165) is 21.8 Å². The van der Waals surface area contributed by atoms with Crippen LogP contribution in [0.25, 0.3) is 21.8 Å². The van der Waals surface area contributed by atoms with Gasteiger partial charge in [-0.3, -0.25) is 0 Å². The number of hydrogen-bond acceptors (Lipinski definition) is 4. The molecule has 0 unspecified atom stereocenters. The van der Waals surface area contributed by atoms with Crippen LogP contribution in [0.1, 0.15) is 25.3 Å². The summed E-state index contributed by atoms with van der Waals surface area (Å²) in [4.78, 5) is 4.74. The minimum atomic E-state index is 0.539. The molecule has 3 aromatic rings. The number of hydrogen-bond donors (Lipinski definition) is 1. The van der Waals surface area contributed by atoms with E-state index in [9.17, 15) is 0 Å². The summed E-state index contributed by atoms with van der Waals surface area (Å²) in [6.45, 7) is 4.40. The first-order valence-corrected chi connectivity index (χ1v) is 8.46. The molecular formula is C19H20N2OS. The zero-order valence-electron chi connectivity index (χ0n) is 13.5. The van der Waals surface area contributed by atoms with Gasteiger partial charge in [-0.05, 0) is 29.7 Å². The molecule has 23 heavy (non-hydrogen) atoms. The highest BCUT2D eigenvalue weighted by molar-refractivity contribution is 7.13. The smallest absolute Gasteiger partial charge is 0.141 e. The summed E-state index contributed by atoms with van der Waals surface area (Å²) < 4.78 is 5.20. The van der Waals surface area contributed by atoms with Gasteiger partial charge in [-0.25, -0.2) is 4.98 Å². The van der Waals surface area contributed by atoms with Crippen molar-refractivity contribution in [2.45, 2.75) is 19.8 Å². The van der Waals surface area contributed by atoms with Crippen LogP contribution < -0.4 is 10.5 Å². The lowest BCUT2D eigenvalue weighted by Gasteiger charge is -2.06. The van der Waals surface area contributed by atoms with Crippen molar-refractivity contribution < 1.29 is 4.74 Å². The number of nitrogen functional groups attached to an aromatic ring is 1. The van der Waals surface area contributed by atoms with Gasteiger partial charge in [-0.2, -0.15) is 0 Å². The molecular weight excluding hydrogens is 304 g/mol. The maximum Gasteiger partial charge on any atom is 0.141 e. The second kappa shape index (κ2) is 6.42. The van der Waals surface area contributed by atoms with Crippen LogP contribution in [0, 0.1) is 0 Å². The Balaban J connectivity index is 1.89. The van der Waals surface area contributed by atoms with E-state index < -0.39 is 0 Å². The standard InChI is InChI=1S/C19H20N2OS/c1-12(2)13-4-6-14(7-5-13)17-11-23-19(21-17)15-8-9-18(22-3)16(20)10-15/h4-12H,20H2,1-3H3. The number of methoxy groups -OCH3 is 1. The van der Waals surface area contributed by atoms with Gasteiger partial charge in [-0.15, -0.1) is 11.3 Å². The maximum atomic E-state index is 5.98. The van der Waals surface area contributed by atoms with Crippen LogP contribution in [-0.2, 0) is 0 Å². The van der Waals surface area contributed by atoms with Crippen molar-refractivity contribution in [1.29, 1.82) is 0 Å². The van der Waals surface area contributed by atoms with Crippen molar-refractivity contribution in [2.75, 3.05) is 12.8 Å². The van der Waals surface area contributed by atoms with Gasteiger partial charge < -0.3 is 10.5 Å². The number of nitrogens with zero attached hydrogens (tertiary/aromatic N) is 1. The Labute approximate surface area is 140 Å². The van der Waals surface area contributed by atoms with E-state index in [2.05, 4.69) is 43.5 Å². The van der Waals surface area contributed by atoms with Crippen LogP contribution in [0.5, 0.6) is 5.75 Å². The van der Waals surface area contributed by atoms with Crippen molar-refractivity contribution in [2.24, 2.45) is 0 Å². The highest BCUT2D eigenvalue weighted by Crippen LogP contribution is 2.33. The topological polar surface area (TPSA) is 48.1 Å². The number of benzene rings is 2. The molecule has 2 aromatic carbocycles. The van der Waals surface area contributed by atoms with Crippen LogP contribution in [0.4, 0.5) is 5.69 Å². The molecule has 118 valence electrons. The largest absolute Gasteiger partial charge is 0.495 e.